The van der Waals surface area contributed by atoms with Crippen LogP contribution in [-0.4, -0.2) is 25.7 Å². The van der Waals surface area contributed by atoms with Gasteiger partial charge in [-0.1, -0.05) is 30.3 Å². The highest BCUT2D eigenvalue weighted by atomic mass is 35.5. The topological polar surface area (TPSA) is 38.3 Å². The molecule has 1 heterocycles. The van der Waals surface area contributed by atoms with E-state index in [0.29, 0.717) is 5.92 Å². The third kappa shape index (κ3) is 2.74. The molecule has 88 valence electrons. The summed E-state index contributed by atoms with van der Waals surface area (Å²) in [4.78, 5) is 11.3. The molecule has 1 aromatic rings. The molecule has 2 rings (SSSR count). The molecule has 1 aromatic carbocycles. The monoisotopic (exact) mass is 241 g/mol. The zero-order valence-corrected chi connectivity index (χ0v) is 10.00. The van der Waals surface area contributed by atoms with Crippen molar-refractivity contribution >= 4 is 18.4 Å². The smallest absolute Gasteiger partial charge is 0.322 e. The van der Waals surface area contributed by atoms with Gasteiger partial charge in [-0.2, -0.15) is 0 Å². The zero-order valence-electron chi connectivity index (χ0n) is 9.18. The SMILES string of the molecule is COC(=O)[C@H]1C[C@@H](c2ccccc2)CN1.Cl. The highest BCUT2D eigenvalue weighted by Gasteiger charge is 2.30. The van der Waals surface area contributed by atoms with Crippen LogP contribution in [0.4, 0.5) is 0 Å². The number of ether oxygens (including phenoxy) is 1. The Morgan fingerprint density at radius 2 is 2.06 bits per heavy atom. The van der Waals surface area contributed by atoms with Gasteiger partial charge in [0.25, 0.3) is 0 Å². The first-order chi connectivity index (χ1) is 7.31. The first-order valence-electron chi connectivity index (χ1n) is 5.17. The molecule has 0 unspecified atom stereocenters. The Labute approximate surface area is 102 Å². The minimum absolute atomic E-state index is 0. The molecule has 1 aliphatic heterocycles. The van der Waals surface area contributed by atoms with E-state index in [9.17, 15) is 4.79 Å². The molecule has 3 nitrogen and oxygen atoms in total. The van der Waals surface area contributed by atoms with Gasteiger partial charge in [0.05, 0.1) is 7.11 Å². The second-order valence-electron chi connectivity index (χ2n) is 3.83. The van der Waals surface area contributed by atoms with Crippen molar-refractivity contribution in [1.29, 1.82) is 0 Å². The molecule has 0 radical (unpaired) electrons. The molecule has 1 saturated heterocycles. The Bertz CT molecular complexity index is 342. The molecular weight excluding hydrogens is 226 g/mol. The van der Waals surface area contributed by atoms with Crippen LogP contribution >= 0.6 is 12.4 Å². The summed E-state index contributed by atoms with van der Waals surface area (Å²) in [5, 5.41) is 3.18. The number of carbonyl (C=O) groups excluding carboxylic acids is 1. The number of esters is 1. The van der Waals surface area contributed by atoms with Gasteiger partial charge < -0.3 is 10.1 Å². The summed E-state index contributed by atoms with van der Waals surface area (Å²) < 4.78 is 4.72. The van der Waals surface area contributed by atoms with Gasteiger partial charge >= 0.3 is 5.97 Å². The fourth-order valence-electron chi connectivity index (χ4n) is 2.04. The summed E-state index contributed by atoms with van der Waals surface area (Å²) in [7, 11) is 1.43. The van der Waals surface area contributed by atoms with Crippen LogP contribution < -0.4 is 5.32 Å². The summed E-state index contributed by atoms with van der Waals surface area (Å²) in [5.41, 5.74) is 1.29. The number of carbonyl (C=O) groups is 1. The van der Waals surface area contributed by atoms with Gasteiger partial charge in [-0.3, -0.25) is 4.79 Å². The van der Waals surface area contributed by atoms with Crippen molar-refractivity contribution in [3.63, 3.8) is 0 Å². The van der Waals surface area contributed by atoms with Crippen molar-refractivity contribution in [3.05, 3.63) is 35.9 Å². The molecule has 0 amide bonds. The van der Waals surface area contributed by atoms with Gasteiger partial charge in [0, 0.05) is 6.54 Å². The van der Waals surface area contributed by atoms with Crippen LogP contribution in [0.2, 0.25) is 0 Å². The van der Waals surface area contributed by atoms with Gasteiger partial charge in [-0.05, 0) is 17.9 Å². The average Bonchev–Trinajstić information content (AvgIpc) is 2.78. The lowest BCUT2D eigenvalue weighted by atomic mass is 9.96. The van der Waals surface area contributed by atoms with Crippen LogP contribution in [0.25, 0.3) is 0 Å². The second-order valence-corrected chi connectivity index (χ2v) is 3.83. The third-order valence-corrected chi connectivity index (χ3v) is 2.89. The fraction of sp³-hybridized carbons (Fsp3) is 0.417. The summed E-state index contributed by atoms with van der Waals surface area (Å²) in [6, 6.07) is 10.1. The first kappa shape index (κ1) is 13.0. The van der Waals surface area contributed by atoms with E-state index in [1.165, 1.54) is 12.7 Å². The predicted molar refractivity (Wildman–Crippen MR) is 64.9 cm³/mol. The van der Waals surface area contributed by atoms with Crippen molar-refractivity contribution in [2.45, 2.75) is 18.4 Å². The molecule has 0 spiro atoms. The van der Waals surface area contributed by atoms with E-state index in [2.05, 4.69) is 17.4 Å². The van der Waals surface area contributed by atoms with Crippen LogP contribution in [0.3, 0.4) is 0 Å². The Morgan fingerprint density at radius 3 is 2.69 bits per heavy atom. The summed E-state index contributed by atoms with van der Waals surface area (Å²) >= 11 is 0. The van der Waals surface area contributed by atoms with Gasteiger partial charge in [-0.25, -0.2) is 0 Å². The normalized spacial score (nSPS) is 23.6. The van der Waals surface area contributed by atoms with Crippen LogP contribution in [0.1, 0.15) is 17.9 Å². The summed E-state index contributed by atoms with van der Waals surface area (Å²) in [5.74, 6) is 0.267. The maximum atomic E-state index is 11.3. The predicted octanol–water partition coefficient (Wildman–Crippen LogP) is 1.73. The van der Waals surface area contributed by atoms with Gasteiger partial charge in [0.2, 0.25) is 0 Å². The molecule has 0 aliphatic carbocycles. The molecule has 1 aliphatic rings. The van der Waals surface area contributed by atoms with Crippen molar-refractivity contribution in [1.82, 2.24) is 5.32 Å². The lowest BCUT2D eigenvalue weighted by Crippen LogP contribution is -2.31. The fourth-order valence-corrected chi connectivity index (χ4v) is 2.04. The van der Waals surface area contributed by atoms with E-state index in [1.54, 1.807) is 0 Å². The molecule has 16 heavy (non-hydrogen) atoms. The molecule has 0 aromatic heterocycles. The minimum Gasteiger partial charge on any atom is -0.468 e. The van der Waals surface area contributed by atoms with Gasteiger partial charge in [0.15, 0.2) is 0 Å². The third-order valence-electron chi connectivity index (χ3n) is 2.89. The maximum absolute atomic E-state index is 11.3. The molecule has 2 atom stereocenters. The maximum Gasteiger partial charge on any atom is 0.322 e. The van der Waals surface area contributed by atoms with E-state index in [4.69, 9.17) is 4.74 Å². The number of hydrogen-bond acceptors (Lipinski definition) is 3. The number of benzene rings is 1. The standard InChI is InChI=1S/C12H15NO2.ClH/c1-15-12(14)11-7-10(8-13-11)9-5-3-2-4-6-9;/h2-6,10-11,13H,7-8H2,1H3;1H/t10-,11-;/m1./s1. The van der Waals surface area contributed by atoms with Crippen LogP contribution in [0.5, 0.6) is 0 Å². The molecule has 0 saturated carbocycles. The number of halogens is 1. The lowest BCUT2D eigenvalue weighted by molar-refractivity contribution is -0.142. The number of rotatable bonds is 2. The van der Waals surface area contributed by atoms with E-state index in [0.717, 1.165) is 13.0 Å². The number of hydrogen-bond donors (Lipinski definition) is 1. The van der Waals surface area contributed by atoms with Gasteiger partial charge in [-0.15, -0.1) is 12.4 Å². The highest BCUT2D eigenvalue weighted by molar-refractivity contribution is 5.85. The Kier molecular flexibility index (Phi) is 4.77. The quantitative estimate of drug-likeness (QED) is 0.802. The number of nitrogens with one attached hydrogen (secondary N) is 1. The second kappa shape index (κ2) is 5.87. The van der Waals surface area contributed by atoms with Gasteiger partial charge in [0.1, 0.15) is 6.04 Å². The Balaban J connectivity index is 0.00000128. The van der Waals surface area contributed by atoms with Crippen molar-refractivity contribution in [2.75, 3.05) is 13.7 Å². The van der Waals surface area contributed by atoms with Crippen LogP contribution in [0, 0.1) is 0 Å². The lowest BCUT2D eigenvalue weighted by Gasteiger charge is -2.08. The summed E-state index contributed by atoms with van der Waals surface area (Å²) in [6.45, 7) is 0.851. The van der Waals surface area contributed by atoms with Crippen LogP contribution in [0.15, 0.2) is 30.3 Å². The molecule has 1 N–H and O–H groups in total. The minimum atomic E-state index is -0.159. The molecule has 0 bridgehead atoms. The van der Waals surface area contributed by atoms with E-state index in [1.807, 2.05) is 18.2 Å². The molecule has 4 heteroatoms. The highest BCUT2D eigenvalue weighted by Crippen LogP contribution is 2.25. The largest absolute Gasteiger partial charge is 0.468 e. The van der Waals surface area contributed by atoms with E-state index >= 15 is 0 Å². The summed E-state index contributed by atoms with van der Waals surface area (Å²) in [6.07, 6.45) is 0.830. The van der Waals surface area contributed by atoms with Crippen molar-refractivity contribution in [2.24, 2.45) is 0 Å². The van der Waals surface area contributed by atoms with Crippen LogP contribution in [-0.2, 0) is 9.53 Å². The van der Waals surface area contributed by atoms with Crippen molar-refractivity contribution < 1.29 is 9.53 Å². The average molecular weight is 242 g/mol. The Morgan fingerprint density at radius 1 is 1.38 bits per heavy atom. The first-order valence-corrected chi connectivity index (χ1v) is 5.17. The zero-order chi connectivity index (χ0) is 10.7. The Hall–Kier alpha value is -1.06. The molecular formula is C12H16ClNO2. The van der Waals surface area contributed by atoms with E-state index in [-0.39, 0.29) is 24.4 Å². The van der Waals surface area contributed by atoms with Crippen molar-refractivity contribution in [3.8, 4) is 0 Å². The molecule has 1 fully saturated rings. The number of methoxy groups -OCH3 is 1. The van der Waals surface area contributed by atoms with E-state index < -0.39 is 0 Å².